The van der Waals surface area contributed by atoms with Crippen molar-refractivity contribution in [1.29, 1.82) is 0 Å². The van der Waals surface area contributed by atoms with E-state index >= 15 is 0 Å². The number of ether oxygens (including phenoxy) is 1. The van der Waals surface area contributed by atoms with Gasteiger partial charge in [-0.15, -0.1) is 0 Å². The van der Waals surface area contributed by atoms with E-state index in [1.54, 1.807) is 0 Å². The zero-order valence-corrected chi connectivity index (χ0v) is 10.3. The quantitative estimate of drug-likeness (QED) is 0.843. The van der Waals surface area contributed by atoms with Crippen molar-refractivity contribution in [2.45, 2.75) is 0 Å². The Bertz CT molecular complexity index is 465. The van der Waals surface area contributed by atoms with Gasteiger partial charge in [-0.25, -0.2) is 18.9 Å². The lowest BCUT2D eigenvalue weighted by Crippen LogP contribution is -2.41. The number of urea groups is 2. The van der Waals surface area contributed by atoms with Gasteiger partial charge in [0.25, 0.3) is 0 Å². The van der Waals surface area contributed by atoms with Crippen molar-refractivity contribution in [3.63, 3.8) is 0 Å². The van der Waals surface area contributed by atoms with Crippen LogP contribution in [0.3, 0.4) is 0 Å². The Hall–Kier alpha value is -2.31. The summed E-state index contributed by atoms with van der Waals surface area (Å²) in [6.07, 6.45) is 0. The molecule has 2 N–H and O–H groups in total. The third-order valence-electron chi connectivity index (χ3n) is 2.24. The van der Waals surface area contributed by atoms with E-state index in [2.05, 4.69) is 10.6 Å². The molecule has 1 rings (SSSR count). The summed E-state index contributed by atoms with van der Waals surface area (Å²) in [5.74, 6) is -0.219. The molecule has 0 atom stereocenters. The standard InChI is InChI=1S/C11H14FN3O3/c1-13-10(16)15(2)11(17)14-9-6-7(18-3)4-5-8(9)12/h4-6H,1-3H3,(H,13,16)(H,14,17). The second kappa shape index (κ2) is 5.85. The molecule has 0 radical (unpaired) electrons. The zero-order valence-electron chi connectivity index (χ0n) is 10.3. The molecule has 4 amide bonds. The molecule has 6 nitrogen and oxygen atoms in total. The van der Waals surface area contributed by atoms with Gasteiger partial charge in [0.1, 0.15) is 11.6 Å². The van der Waals surface area contributed by atoms with Crippen LogP contribution in [-0.4, -0.2) is 38.2 Å². The van der Waals surface area contributed by atoms with Crippen LogP contribution in [0.1, 0.15) is 0 Å². The number of amides is 4. The average molecular weight is 255 g/mol. The molecule has 18 heavy (non-hydrogen) atoms. The first-order valence-electron chi connectivity index (χ1n) is 5.09. The predicted molar refractivity (Wildman–Crippen MR) is 64.2 cm³/mol. The smallest absolute Gasteiger partial charge is 0.329 e. The summed E-state index contributed by atoms with van der Waals surface area (Å²) in [5.41, 5.74) is -0.0601. The number of benzene rings is 1. The van der Waals surface area contributed by atoms with Gasteiger partial charge in [-0.1, -0.05) is 0 Å². The maximum Gasteiger partial charge on any atom is 0.329 e. The summed E-state index contributed by atoms with van der Waals surface area (Å²) in [6.45, 7) is 0. The zero-order chi connectivity index (χ0) is 13.7. The van der Waals surface area contributed by atoms with Gasteiger partial charge in [0.15, 0.2) is 0 Å². The summed E-state index contributed by atoms with van der Waals surface area (Å²) in [4.78, 5) is 23.6. The van der Waals surface area contributed by atoms with Crippen molar-refractivity contribution in [3.8, 4) is 5.75 Å². The topological polar surface area (TPSA) is 70.7 Å². The van der Waals surface area contributed by atoms with E-state index in [0.717, 1.165) is 11.0 Å². The molecule has 0 saturated heterocycles. The molecule has 0 heterocycles. The van der Waals surface area contributed by atoms with Crippen molar-refractivity contribution in [1.82, 2.24) is 10.2 Å². The van der Waals surface area contributed by atoms with Gasteiger partial charge in [0.05, 0.1) is 12.8 Å². The Labute approximate surface area is 104 Å². The highest BCUT2D eigenvalue weighted by atomic mass is 19.1. The van der Waals surface area contributed by atoms with E-state index in [9.17, 15) is 14.0 Å². The molecule has 0 bridgehead atoms. The van der Waals surface area contributed by atoms with E-state index in [0.29, 0.717) is 5.75 Å². The van der Waals surface area contributed by atoms with Crippen LogP contribution in [0.4, 0.5) is 19.7 Å². The fraction of sp³-hybridized carbons (Fsp3) is 0.273. The van der Waals surface area contributed by atoms with Gasteiger partial charge >= 0.3 is 12.1 Å². The fourth-order valence-electron chi connectivity index (χ4n) is 1.19. The molecule has 0 spiro atoms. The second-order valence-corrected chi connectivity index (χ2v) is 3.39. The Morgan fingerprint density at radius 1 is 1.33 bits per heavy atom. The van der Waals surface area contributed by atoms with E-state index in [1.807, 2.05) is 0 Å². The van der Waals surface area contributed by atoms with Crippen LogP contribution >= 0.6 is 0 Å². The van der Waals surface area contributed by atoms with Crippen molar-refractivity contribution in [2.75, 3.05) is 26.5 Å². The molecule has 0 unspecified atom stereocenters. The Morgan fingerprint density at radius 3 is 2.56 bits per heavy atom. The lowest BCUT2D eigenvalue weighted by molar-refractivity contribution is 0.203. The van der Waals surface area contributed by atoms with Crippen molar-refractivity contribution in [3.05, 3.63) is 24.0 Å². The van der Waals surface area contributed by atoms with Crippen molar-refractivity contribution >= 4 is 17.7 Å². The van der Waals surface area contributed by atoms with E-state index in [4.69, 9.17) is 4.74 Å². The maximum atomic E-state index is 13.4. The number of halogens is 1. The van der Waals surface area contributed by atoms with Crippen LogP contribution in [0.2, 0.25) is 0 Å². The average Bonchev–Trinajstić information content (AvgIpc) is 2.39. The molecular weight excluding hydrogens is 241 g/mol. The normalized spacial score (nSPS) is 9.56. The molecule has 7 heteroatoms. The molecule has 0 aliphatic carbocycles. The number of nitrogens with one attached hydrogen (secondary N) is 2. The lowest BCUT2D eigenvalue weighted by Gasteiger charge is -2.16. The first kappa shape index (κ1) is 13.8. The molecular formula is C11H14FN3O3. The molecule has 0 saturated carbocycles. The number of nitrogens with zero attached hydrogens (tertiary/aromatic N) is 1. The summed E-state index contributed by atoms with van der Waals surface area (Å²) in [7, 11) is 4.08. The van der Waals surface area contributed by atoms with Gasteiger partial charge in [-0.05, 0) is 12.1 Å². The number of methoxy groups -OCH3 is 1. The molecule has 1 aromatic rings. The summed E-state index contributed by atoms with van der Waals surface area (Å²) < 4.78 is 18.3. The number of carbonyl (C=O) groups is 2. The molecule has 0 fully saturated rings. The molecule has 98 valence electrons. The summed E-state index contributed by atoms with van der Waals surface area (Å²) in [6, 6.07) is 2.56. The van der Waals surface area contributed by atoms with Gasteiger partial charge in [-0.2, -0.15) is 0 Å². The third kappa shape index (κ3) is 3.09. The predicted octanol–water partition coefficient (Wildman–Crippen LogP) is 1.64. The minimum atomic E-state index is -0.749. The first-order valence-corrected chi connectivity index (χ1v) is 5.09. The number of carbonyl (C=O) groups excluding carboxylic acids is 2. The SMILES string of the molecule is CNC(=O)N(C)C(=O)Nc1cc(OC)ccc1F. The van der Waals surface area contributed by atoms with E-state index in [1.165, 1.54) is 33.3 Å². The first-order chi connectivity index (χ1) is 8.49. The van der Waals surface area contributed by atoms with Crippen molar-refractivity contribution in [2.24, 2.45) is 0 Å². The number of hydrogen-bond acceptors (Lipinski definition) is 3. The number of rotatable bonds is 2. The van der Waals surface area contributed by atoms with Gasteiger partial charge in [0, 0.05) is 20.2 Å². The molecule has 0 aromatic heterocycles. The number of imide groups is 1. The van der Waals surface area contributed by atoms with Crippen LogP contribution in [-0.2, 0) is 0 Å². The van der Waals surface area contributed by atoms with Gasteiger partial charge < -0.3 is 15.4 Å². The number of hydrogen-bond donors (Lipinski definition) is 2. The van der Waals surface area contributed by atoms with Crippen LogP contribution in [0.5, 0.6) is 5.75 Å². The highest BCUT2D eigenvalue weighted by Gasteiger charge is 2.16. The minimum absolute atomic E-state index is 0.0601. The maximum absolute atomic E-state index is 13.4. The number of anilines is 1. The monoisotopic (exact) mass is 255 g/mol. The Morgan fingerprint density at radius 2 is 2.00 bits per heavy atom. The fourth-order valence-corrected chi connectivity index (χ4v) is 1.19. The summed E-state index contributed by atoms with van der Waals surface area (Å²) >= 11 is 0. The second-order valence-electron chi connectivity index (χ2n) is 3.39. The van der Waals surface area contributed by atoms with Crippen LogP contribution in [0.15, 0.2) is 18.2 Å². The van der Waals surface area contributed by atoms with Crippen LogP contribution < -0.4 is 15.4 Å². The van der Waals surface area contributed by atoms with Gasteiger partial charge in [0.2, 0.25) is 0 Å². The van der Waals surface area contributed by atoms with Crippen LogP contribution in [0.25, 0.3) is 0 Å². The lowest BCUT2D eigenvalue weighted by atomic mass is 10.3. The Balaban J connectivity index is 2.84. The third-order valence-corrected chi connectivity index (χ3v) is 2.24. The van der Waals surface area contributed by atoms with Gasteiger partial charge in [-0.3, -0.25) is 0 Å². The highest BCUT2D eigenvalue weighted by molar-refractivity contribution is 6.00. The van der Waals surface area contributed by atoms with E-state index in [-0.39, 0.29) is 5.69 Å². The Kier molecular flexibility index (Phi) is 4.47. The minimum Gasteiger partial charge on any atom is -0.497 e. The molecule has 0 aliphatic heterocycles. The molecule has 1 aromatic carbocycles. The molecule has 0 aliphatic rings. The summed E-state index contributed by atoms with van der Waals surface area (Å²) in [5, 5.41) is 4.55. The van der Waals surface area contributed by atoms with E-state index < -0.39 is 17.9 Å². The van der Waals surface area contributed by atoms with Crippen molar-refractivity contribution < 1.29 is 18.7 Å². The van der Waals surface area contributed by atoms with Crippen LogP contribution in [0, 0.1) is 5.82 Å². The highest BCUT2D eigenvalue weighted by Crippen LogP contribution is 2.21. The largest absolute Gasteiger partial charge is 0.497 e.